The summed E-state index contributed by atoms with van der Waals surface area (Å²) in [7, 11) is 0. The molecule has 2 aromatic carbocycles. The van der Waals surface area contributed by atoms with Crippen LogP contribution in [0, 0.1) is 0 Å². The molecule has 2 N–H and O–H groups in total. The molecule has 2 heterocycles. The summed E-state index contributed by atoms with van der Waals surface area (Å²) in [4.78, 5) is 21.7. The van der Waals surface area contributed by atoms with Crippen LogP contribution in [-0.4, -0.2) is 38.2 Å². The predicted octanol–water partition coefficient (Wildman–Crippen LogP) is -5.14. The van der Waals surface area contributed by atoms with Gasteiger partial charge in [-0.25, -0.2) is 0 Å². The molecule has 0 aliphatic carbocycles. The van der Waals surface area contributed by atoms with Gasteiger partial charge in [0.2, 0.25) is 11.8 Å². The van der Waals surface area contributed by atoms with Crippen molar-refractivity contribution in [1.29, 1.82) is 0 Å². The van der Waals surface area contributed by atoms with Crippen LogP contribution in [0.1, 0.15) is 12.8 Å². The number of anilines is 2. The van der Waals surface area contributed by atoms with Gasteiger partial charge < -0.3 is 9.11 Å². The van der Waals surface area contributed by atoms with Gasteiger partial charge in [0.15, 0.2) is 0 Å². The predicted molar refractivity (Wildman–Crippen MR) is 103 cm³/mol. The maximum Gasteiger partial charge on any atom is 1.00 e. The fraction of sp³-hybridized carbons (Fsp3) is 0.222. The molecule has 2 aromatic rings. The van der Waals surface area contributed by atoms with Gasteiger partial charge >= 0.3 is 59.1 Å². The van der Waals surface area contributed by atoms with Gasteiger partial charge in [-0.3, -0.25) is 34.7 Å². The monoisotopic (exact) mass is 450 g/mol. The van der Waals surface area contributed by atoms with E-state index in [1.807, 2.05) is 70.7 Å². The molecule has 0 bridgehead atoms. The Labute approximate surface area is 222 Å². The fourth-order valence-electron chi connectivity index (χ4n) is 2.55. The van der Waals surface area contributed by atoms with Crippen molar-refractivity contribution in [3.8, 4) is 0 Å². The van der Waals surface area contributed by atoms with Crippen molar-refractivity contribution >= 4 is 34.6 Å². The average molecular weight is 450 g/mol. The van der Waals surface area contributed by atoms with Crippen molar-refractivity contribution in [2.24, 2.45) is 0 Å². The first kappa shape index (κ1) is 29.1. The van der Waals surface area contributed by atoms with Gasteiger partial charge in [-0.05, 0) is 24.3 Å². The Bertz CT molecular complexity index is 736. The van der Waals surface area contributed by atoms with E-state index in [0.717, 1.165) is 24.5 Å². The van der Waals surface area contributed by atoms with E-state index in [1.54, 1.807) is 0 Å². The maximum atomic E-state index is 10.9. The molecule has 2 fully saturated rings. The first-order chi connectivity index (χ1) is 13.5. The summed E-state index contributed by atoms with van der Waals surface area (Å²) in [5.74, 6) is 0.192. The maximum absolute atomic E-state index is 10.9. The standard InChI is InChI=1S/2C9H10N2O.2Na.H2O3S/c2*12-9-6-7-11(10-9)8-4-2-1-3-5-8;;;1-4(2)3/h2*1-5H,6-7H2,(H,10,12);;;(H2,1,2,3)/q;;2*+1;/p-2. The number of carbonyl (C=O) groups is 2. The van der Waals surface area contributed by atoms with Crippen LogP contribution < -0.4 is 80.0 Å². The van der Waals surface area contributed by atoms with E-state index < -0.39 is 11.4 Å². The number of nitrogens with one attached hydrogen (secondary N) is 2. The number of carbonyl (C=O) groups excluding carboxylic acids is 2. The summed E-state index contributed by atoms with van der Waals surface area (Å²) in [6.07, 6.45) is 1.18. The summed E-state index contributed by atoms with van der Waals surface area (Å²) in [6.45, 7) is 1.53. The summed E-state index contributed by atoms with van der Waals surface area (Å²) in [5.41, 5.74) is 7.62. The number of para-hydroxylation sites is 2. The number of nitrogens with zero attached hydrogens (tertiary/aromatic N) is 2. The van der Waals surface area contributed by atoms with Gasteiger partial charge in [0.05, 0.1) is 11.4 Å². The molecule has 0 saturated carbocycles. The zero-order chi connectivity index (χ0) is 20.4. The minimum atomic E-state index is -3.11. The van der Waals surface area contributed by atoms with Crippen LogP contribution in [0.15, 0.2) is 60.7 Å². The molecule has 2 amide bonds. The van der Waals surface area contributed by atoms with E-state index in [9.17, 15) is 9.59 Å². The van der Waals surface area contributed by atoms with Crippen LogP contribution in [0.5, 0.6) is 0 Å². The Balaban J connectivity index is 0.000000452. The molecular formula is C18H20N4Na2O5S. The van der Waals surface area contributed by atoms with Crippen molar-refractivity contribution < 1.29 is 82.0 Å². The second-order valence-corrected chi connectivity index (χ2v) is 6.16. The third-order valence-electron chi connectivity index (χ3n) is 3.78. The molecule has 0 aromatic heterocycles. The first-order valence-corrected chi connectivity index (χ1v) is 9.46. The Morgan fingerprint density at radius 3 is 1.23 bits per heavy atom. The van der Waals surface area contributed by atoms with Gasteiger partial charge in [-0.1, -0.05) is 36.4 Å². The summed E-state index contributed by atoms with van der Waals surface area (Å²) in [5, 5.41) is 3.73. The molecule has 150 valence electrons. The van der Waals surface area contributed by atoms with Gasteiger partial charge in [0, 0.05) is 25.9 Å². The Kier molecular flexibility index (Phi) is 15.3. The van der Waals surface area contributed by atoms with Gasteiger partial charge in [0.1, 0.15) is 0 Å². The van der Waals surface area contributed by atoms with Crippen LogP contribution in [-0.2, 0) is 21.0 Å². The third kappa shape index (κ3) is 10.9. The van der Waals surface area contributed by atoms with Crippen LogP contribution in [0.25, 0.3) is 0 Å². The van der Waals surface area contributed by atoms with E-state index >= 15 is 0 Å². The number of hydrogen-bond donors (Lipinski definition) is 2. The zero-order valence-corrected chi connectivity index (χ0v) is 21.8. The summed E-state index contributed by atoms with van der Waals surface area (Å²) < 4.78 is 25.3. The topological polar surface area (TPSA) is 128 Å². The number of benzene rings is 2. The van der Waals surface area contributed by atoms with E-state index in [4.69, 9.17) is 13.3 Å². The molecule has 0 unspecified atom stereocenters. The molecule has 12 heteroatoms. The third-order valence-corrected chi connectivity index (χ3v) is 3.78. The second kappa shape index (κ2) is 15.8. The van der Waals surface area contributed by atoms with Crippen LogP contribution in [0.3, 0.4) is 0 Å². The molecule has 2 aliphatic rings. The van der Waals surface area contributed by atoms with Crippen molar-refractivity contribution in [3.05, 3.63) is 60.7 Å². The molecule has 2 aliphatic heterocycles. The van der Waals surface area contributed by atoms with Crippen molar-refractivity contribution in [1.82, 2.24) is 10.9 Å². The van der Waals surface area contributed by atoms with Crippen LogP contribution >= 0.6 is 0 Å². The normalized spacial score (nSPS) is 14.2. The Hall–Kier alpha value is -0.950. The van der Waals surface area contributed by atoms with Crippen molar-refractivity contribution in [2.75, 3.05) is 23.1 Å². The summed E-state index contributed by atoms with van der Waals surface area (Å²) in [6, 6.07) is 19.7. The van der Waals surface area contributed by atoms with Gasteiger partial charge in [-0.2, -0.15) is 0 Å². The van der Waals surface area contributed by atoms with Gasteiger partial charge in [-0.15, -0.1) is 11.4 Å². The van der Waals surface area contributed by atoms with E-state index in [2.05, 4.69) is 10.9 Å². The van der Waals surface area contributed by atoms with Crippen LogP contribution in [0.2, 0.25) is 0 Å². The first-order valence-electron chi connectivity index (χ1n) is 8.46. The largest absolute Gasteiger partial charge is 1.00 e. The number of hydrogen-bond acceptors (Lipinski definition) is 7. The molecule has 4 rings (SSSR count). The Morgan fingerprint density at radius 2 is 1.00 bits per heavy atom. The summed E-state index contributed by atoms with van der Waals surface area (Å²) >= 11 is -3.11. The number of hydrazine groups is 2. The molecule has 9 nitrogen and oxygen atoms in total. The van der Waals surface area contributed by atoms with E-state index in [1.165, 1.54) is 0 Å². The fourth-order valence-corrected chi connectivity index (χ4v) is 2.55. The minimum Gasteiger partial charge on any atom is -0.784 e. The molecule has 2 saturated heterocycles. The molecule has 0 spiro atoms. The minimum absolute atomic E-state index is 0. The quantitative estimate of drug-likeness (QED) is 0.346. The number of rotatable bonds is 2. The molecule has 30 heavy (non-hydrogen) atoms. The smallest absolute Gasteiger partial charge is 0.784 e. The van der Waals surface area contributed by atoms with Crippen molar-refractivity contribution in [3.63, 3.8) is 0 Å². The zero-order valence-electron chi connectivity index (χ0n) is 16.9. The molecular weight excluding hydrogens is 430 g/mol. The molecule has 0 radical (unpaired) electrons. The van der Waals surface area contributed by atoms with Crippen LogP contribution in [0.4, 0.5) is 11.4 Å². The second-order valence-electron chi connectivity index (χ2n) is 5.75. The van der Waals surface area contributed by atoms with E-state index in [0.29, 0.717) is 12.8 Å². The van der Waals surface area contributed by atoms with Crippen molar-refractivity contribution in [2.45, 2.75) is 12.8 Å². The van der Waals surface area contributed by atoms with Gasteiger partial charge in [0.25, 0.3) is 0 Å². The Morgan fingerprint density at radius 1 is 0.700 bits per heavy atom. The number of amides is 2. The SMILES string of the molecule is O=C1CCN(c2ccccc2)N1.O=C1CCN(c2ccccc2)N1.O=S([O-])[O-].[Na+].[Na+]. The average Bonchev–Trinajstić information content (AvgIpc) is 3.32. The molecule has 0 atom stereocenters. The van der Waals surface area contributed by atoms with E-state index in [-0.39, 0.29) is 70.9 Å².